The number of carbonyl (C=O) groups is 2. The van der Waals surface area contributed by atoms with E-state index in [2.05, 4.69) is 58.0 Å². The van der Waals surface area contributed by atoms with Gasteiger partial charge in [0.1, 0.15) is 13.2 Å². The minimum absolute atomic E-state index is 0.140. The number of benzene rings is 2. The zero-order chi connectivity index (χ0) is 16.9. The van der Waals surface area contributed by atoms with Crippen molar-refractivity contribution in [1.29, 1.82) is 0 Å². The van der Waals surface area contributed by atoms with Crippen LogP contribution >= 0.6 is 0 Å². The molecule has 0 amide bonds. The summed E-state index contributed by atoms with van der Waals surface area (Å²) in [4.78, 5) is 20.7. The van der Waals surface area contributed by atoms with Gasteiger partial charge in [-0.15, -0.1) is 0 Å². The lowest BCUT2D eigenvalue weighted by Crippen LogP contribution is -2.11. The van der Waals surface area contributed by atoms with Gasteiger partial charge in [0.25, 0.3) is 0 Å². The van der Waals surface area contributed by atoms with Crippen LogP contribution in [0.15, 0.2) is 60.7 Å². The molecule has 0 atom stereocenters. The summed E-state index contributed by atoms with van der Waals surface area (Å²) in [7, 11) is 0. The Morgan fingerprint density at radius 3 is 1.61 bits per heavy atom. The fraction of sp³-hybridized carbons (Fsp3) is 0.263. The van der Waals surface area contributed by atoms with E-state index in [-0.39, 0.29) is 25.2 Å². The van der Waals surface area contributed by atoms with Crippen molar-refractivity contribution in [2.45, 2.75) is 20.3 Å². The van der Waals surface area contributed by atoms with Gasteiger partial charge in [0.15, 0.2) is 0 Å². The summed E-state index contributed by atoms with van der Waals surface area (Å²) in [6.45, 7) is 3.29. The van der Waals surface area contributed by atoms with Crippen LogP contribution in [0.2, 0.25) is 0 Å². The molecular weight excluding hydrogens is 292 g/mol. The molecule has 0 saturated heterocycles. The maximum absolute atomic E-state index is 10.5. The van der Waals surface area contributed by atoms with E-state index in [1.807, 2.05) is 12.1 Å². The quantitative estimate of drug-likeness (QED) is 0.621. The fourth-order valence-electron chi connectivity index (χ4n) is 1.70. The molecule has 0 spiro atoms. The monoisotopic (exact) mass is 314 g/mol. The van der Waals surface area contributed by atoms with E-state index in [9.17, 15) is 9.59 Å². The van der Waals surface area contributed by atoms with Crippen LogP contribution in [0.3, 0.4) is 0 Å². The van der Waals surface area contributed by atoms with E-state index >= 15 is 0 Å². The van der Waals surface area contributed by atoms with E-state index < -0.39 is 0 Å². The number of hydrogen-bond acceptors (Lipinski definition) is 4. The number of esters is 2. The first-order chi connectivity index (χ1) is 11.1. The second-order valence-electron chi connectivity index (χ2n) is 4.65. The van der Waals surface area contributed by atoms with E-state index in [1.54, 1.807) is 6.92 Å². The number of carbonyl (C=O) groups excluding carboxylic acids is 2. The van der Waals surface area contributed by atoms with E-state index in [0.29, 0.717) is 6.42 Å². The fourth-order valence-corrected chi connectivity index (χ4v) is 1.70. The largest absolute Gasteiger partial charge is 0.462 e. The Morgan fingerprint density at radius 1 is 0.783 bits per heavy atom. The molecule has 0 aliphatic heterocycles. The Hall–Kier alpha value is -2.62. The lowest BCUT2D eigenvalue weighted by atomic mass is 10.1. The molecule has 4 heteroatoms. The van der Waals surface area contributed by atoms with Crippen LogP contribution in [0.4, 0.5) is 0 Å². The van der Waals surface area contributed by atoms with Crippen LogP contribution < -0.4 is 0 Å². The maximum atomic E-state index is 10.5. The van der Waals surface area contributed by atoms with Gasteiger partial charge >= 0.3 is 11.9 Å². The zero-order valence-corrected chi connectivity index (χ0v) is 13.5. The van der Waals surface area contributed by atoms with Gasteiger partial charge in [0, 0.05) is 13.3 Å². The van der Waals surface area contributed by atoms with Crippen LogP contribution in [-0.2, 0) is 19.1 Å². The Bertz CT molecular complexity index is 541. The minimum Gasteiger partial charge on any atom is -0.462 e. The molecule has 2 aromatic carbocycles. The standard InChI is InChI=1S/C12H10.C7H12O4/c1-3-7-11(8-4-1)12-9-5-2-6-10-12;1-3-7(9)11-5-4-10-6(2)8/h1-10H;3-5H2,1-2H3. The van der Waals surface area contributed by atoms with Gasteiger partial charge < -0.3 is 9.47 Å². The zero-order valence-electron chi connectivity index (χ0n) is 13.5. The van der Waals surface area contributed by atoms with Gasteiger partial charge in [-0.2, -0.15) is 0 Å². The van der Waals surface area contributed by atoms with Crippen molar-refractivity contribution >= 4 is 11.9 Å². The lowest BCUT2D eigenvalue weighted by Gasteiger charge is -2.02. The lowest BCUT2D eigenvalue weighted by molar-refractivity contribution is -0.150. The number of ether oxygens (including phenoxy) is 2. The highest BCUT2D eigenvalue weighted by atomic mass is 16.6. The van der Waals surface area contributed by atoms with Gasteiger partial charge in [0.2, 0.25) is 0 Å². The molecule has 2 aromatic rings. The highest BCUT2D eigenvalue weighted by Crippen LogP contribution is 2.17. The van der Waals surface area contributed by atoms with Crippen molar-refractivity contribution < 1.29 is 19.1 Å². The summed E-state index contributed by atoms with van der Waals surface area (Å²) >= 11 is 0. The predicted molar refractivity (Wildman–Crippen MR) is 89.8 cm³/mol. The van der Waals surface area contributed by atoms with Crippen molar-refractivity contribution in [2.75, 3.05) is 13.2 Å². The second-order valence-corrected chi connectivity index (χ2v) is 4.65. The molecule has 0 radical (unpaired) electrons. The SMILES string of the molecule is CCC(=O)OCCOC(C)=O.c1ccc(-c2ccccc2)cc1. The predicted octanol–water partition coefficient (Wildman–Crippen LogP) is 3.86. The van der Waals surface area contributed by atoms with Gasteiger partial charge in [0.05, 0.1) is 0 Å². The summed E-state index contributed by atoms with van der Waals surface area (Å²) in [5.74, 6) is -0.644. The molecule has 0 aliphatic rings. The molecule has 2 rings (SSSR count). The maximum Gasteiger partial charge on any atom is 0.305 e. The van der Waals surface area contributed by atoms with E-state index in [4.69, 9.17) is 0 Å². The summed E-state index contributed by atoms with van der Waals surface area (Å²) in [6, 6.07) is 20.8. The highest BCUT2D eigenvalue weighted by molar-refractivity contribution is 5.69. The molecule has 23 heavy (non-hydrogen) atoms. The van der Waals surface area contributed by atoms with Crippen LogP contribution in [0, 0.1) is 0 Å². The third kappa shape index (κ3) is 8.41. The minimum atomic E-state index is -0.363. The van der Waals surface area contributed by atoms with Gasteiger partial charge in [-0.25, -0.2) is 0 Å². The van der Waals surface area contributed by atoms with E-state index in [0.717, 1.165) is 0 Å². The number of hydrogen-bond donors (Lipinski definition) is 0. The Balaban J connectivity index is 0.000000232. The highest BCUT2D eigenvalue weighted by Gasteiger charge is 1.98. The Kier molecular flexibility index (Phi) is 8.83. The molecule has 0 aromatic heterocycles. The average Bonchev–Trinajstić information content (AvgIpc) is 2.60. The Morgan fingerprint density at radius 2 is 1.22 bits per heavy atom. The summed E-state index contributed by atoms with van der Waals surface area (Å²) < 4.78 is 9.15. The van der Waals surface area contributed by atoms with Crippen molar-refractivity contribution in [3.63, 3.8) is 0 Å². The van der Waals surface area contributed by atoms with Gasteiger partial charge in [-0.3, -0.25) is 9.59 Å². The molecule has 0 bridgehead atoms. The van der Waals surface area contributed by atoms with Crippen LogP contribution in [0.1, 0.15) is 20.3 Å². The smallest absolute Gasteiger partial charge is 0.305 e. The summed E-state index contributed by atoms with van der Waals surface area (Å²) in [6.07, 6.45) is 0.347. The van der Waals surface area contributed by atoms with Crippen LogP contribution in [-0.4, -0.2) is 25.2 Å². The van der Waals surface area contributed by atoms with Crippen LogP contribution in [0.5, 0.6) is 0 Å². The van der Waals surface area contributed by atoms with Crippen molar-refractivity contribution in [3.05, 3.63) is 60.7 Å². The molecule has 0 saturated carbocycles. The van der Waals surface area contributed by atoms with Gasteiger partial charge in [-0.1, -0.05) is 67.6 Å². The molecule has 0 heterocycles. The summed E-state index contributed by atoms with van der Waals surface area (Å²) in [5.41, 5.74) is 2.55. The summed E-state index contributed by atoms with van der Waals surface area (Å²) in [5, 5.41) is 0. The first-order valence-corrected chi connectivity index (χ1v) is 7.53. The normalized spacial score (nSPS) is 9.30. The first-order valence-electron chi connectivity index (χ1n) is 7.53. The molecule has 0 aliphatic carbocycles. The average molecular weight is 314 g/mol. The van der Waals surface area contributed by atoms with E-state index in [1.165, 1.54) is 18.1 Å². The third-order valence-electron chi connectivity index (χ3n) is 2.82. The molecular formula is C19H22O4. The molecule has 122 valence electrons. The van der Waals surface area contributed by atoms with Crippen molar-refractivity contribution in [2.24, 2.45) is 0 Å². The number of rotatable bonds is 5. The molecule has 0 N–H and O–H groups in total. The molecule has 0 unspecified atom stereocenters. The first kappa shape index (κ1) is 18.4. The Labute approximate surface area is 137 Å². The third-order valence-corrected chi connectivity index (χ3v) is 2.82. The molecule has 0 fully saturated rings. The topological polar surface area (TPSA) is 52.6 Å². The molecule has 4 nitrogen and oxygen atoms in total. The van der Waals surface area contributed by atoms with Crippen molar-refractivity contribution in [1.82, 2.24) is 0 Å². The van der Waals surface area contributed by atoms with Crippen LogP contribution in [0.25, 0.3) is 11.1 Å². The van der Waals surface area contributed by atoms with Gasteiger partial charge in [-0.05, 0) is 11.1 Å². The van der Waals surface area contributed by atoms with Crippen molar-refractivity contribution in [3.8, 4) is 11.1 Å². The second kappa shape index (κ2) is 11.0.